The lowest BCUT2D eigenvalue weighted by molar-refractivity contribution is 0.581. The van der Waals surface area contributed by atoms with E-state index < -0.39 is 11.6 Å². The van der Waals surface area contributed by atoms with E-state index in [2.05, 4.69) is 20.4 Å². The lowest BCUT2D eigenvalue weighted by Gasteiger charge is -2.17. The highest BCUT2D eigenvalue weighted by atomic mass is 32.2. The van der Waals surface area contributed by atoms with E-state index >= 15 is 0 Å². The average Bonchev–Trinajstić information content (AvgIpc) is 3.09. The highest BCUT2D eigenvalue weighted by molar-refractivity contribution is 8.04. The van der Waals surface area contributed by atoms with Gasteiger partial charge in [-0.05, 0) is 43.8 Å². The molecule has 0 radical (unpaired) electrons. The second-order valence-corrected chi connectivity index (χ2v) is 6.88. The average molecular weight is 372 g/mol. The normalized spacial score (nSPS) is 15.3. The Labute approximate surface area is 152 Å². The zero-order valence-corrected chi connectivity index (χ0v) is 15.1. The fourth-order valence-corrected chi connectivity index (χ4v) is 3.65. The van der Waals surface area contributed by atoms with Crippen molar-refractivity contribution in [2.24, 2.45) is 12.1 Å². The lowest BCUT2D eigenvalue weighted by Crippen LogP contribution is -2.14. The predicted molar refractivity (Wildman–Crippen MR) is 94.8 cm³/mol. The number of fused-ring (bicyclic) bond motifs is 1. The van der Waals surface area contributed by atoms with Crippen LogP contribution < -0.4 is 0 Å². The van der Waals surface area contributed by atoms with E-state index in [1.165, 1.54) is 23.9 Å². The minimum Gasteiger partial charge on any atom is -0.275 e. The fraction of sp³-hybridized carbons (Fsp3) is 0.176. The van der Waals surface area contributed by atoms with Gasteiger partial charge in [0.05, 0.1) is 5.69 Å². The number of allylic oxidation sites excluding steroid dienone is 1. The van der Waals surface area contributed by atoms with Gasteiger partial charge in [-0.2, -0.15) is 14.9 Å². The summed E-state index contributed by atoms with van der Waals surface area (Å²) in [6, 6.07) is 3.45. The van der Waals surface area contributed by atoms with Gasteiger partial charge in [-0.3, -0.25) is 4.68 Å². The molecule has 0 aliphatic carbocycles. The quantitative estimate of drug-likeness (QED) is 0.692. The molecule has 0 unspecified atom stereocenters. The minimum atomic E-state index is -0.674. The number of hydrogen-bond donors (Lipinski definition) is 0. The summed E-state index contributed by atoms with van der Waals surface area (Å²) in [5.41, 5.74) is 2.33. The molecular weight excluding hydrogens is 358 g/mol. The summed E-state index contributed by atoms with van der Waals surface area (Å²) in [5.74, 6) is -0.721. The number of aromatic nitrogens is 5. The molecule has 0 atom stereocenters. The van der Waals surface area contributed by atoms with Gasteiger partial charge in [0, 0.05) is 35.3 Å². The first kappa shape index (κ1) is 16.6. The molecule has 2 aromatic heterocycles. The van der Waals surface area contributed by atoms with Crippen LogP contribution in [0.5, 0.6) is 0 Å². The molecule has 26 heavy (non-hydrogen) atoms. The zero-order valence-electron chi connectivity index (χ0n) is 14.2. The van der Waals surface area contributed by atoms with Crippen LogP contribution in [0.1, 0.15) is 22.6 Å². The number of aryl methyl sites for hydroxylation is 3. The third-order valence-corrected chi connectivity index (χ3v) is 4.90. The van der Waals surface area contributed by atoms with Gasteiger partial charge >= 0.3 is 0 Å². The minimum absolute atomic E-state index is 0.213. The molecule has 3 aromatic rings. The molecule has 0 spiro atoms. The van der Waals surface area contributed by atoms with E-state index in [0.717, 1.165) is 17.3 Å². The van der Waals surface area contributed by atoms with Crippen molar-refractivity contribution in [1.82, 2.24) is 24.7 Å². The SMILES string of the molecule is Cc1nn(C)cc1/C=C1\Sc2nnc(C)n2N=C1c1ccc(F)cc1F. The second-order valence-electron chi connectivity index (χ2n) is 5.87. The van der Waals surface area contributed by atoms with Gasteiger partial charge in [-0.1, -0.05) is 0 Å². The van der Waals surface area contributed by atoms with Crippen LogP contribution in [0.4, 0.5) is 8.78 Å². The molecule has 0 saturated heterocycles. The Morgan fingerprint density at radius 3 is 2.65 bits per heavy atom. The van der Waals surface area contributed by atoms with Crippen LogP contribution >= 0.6 is 11.8 Å². The summed E-state index contributed by atoms with van der Waals surface area (Å²) in [6.07, 6.45) is 3.74. The Hall–Kier alpha value is -2.81. The van der Waals surface area contributed by atoms with E-state index in [-0.39, 0.29) is 5.56 Å². The molecule has 0 N–H and O–H groups in total. The van der Waals surface area contributed by atoms with E-state index in [1.54, 1.807) is 16.3 Å². The molecule has 132 valence electrons. The summed E-state index contributed by atoms with van der Waals surface area (Å²) in [5, 5.41) is 17.5. The van der Waals surface area contributed by atoms with Crippen molar-refractivity contribution in [1.29, 1.82) is 0 Å². The first-order valence-corrected chi connectivity index (χ1v) is 8.60. The molecule has 0 saturated carbocycles. The molecule has 6 nitrogen and oxygen atoms in total. The Bertz CT molecular complexity index is 1080. The van der Waals surface area contributed by atoms with Gasteiger partial charge in [0.1, 0.15) is 17.3 Å². The van der Waals surface area contributed by atoms with E-state index in [1.807, 2.05) is 26.2 Å². The number of rotatable bonds is 2. The van der Waals surface area contributed by atoms with Crippen molar-refractivity contribution in [3.05, 3.63) is 63.6 Å². The molecule has 4 rings (SSSR count). The van der Waals surface area contributed by atoms with Gasteiger partial charge in [0.2, 0.25) is 5.16 Å². The number of halogens is 2. The van der Waals surface area contributed by atoms with Gasteiger partial charge in [0.15, 0.2) is 5.82 Å². The molecule has 0 fully saturated rings. The van der Waals surface area contributed by atoms with Crippen LogP contribution in [0.2, 0.25) is 0 Å². The third-order valence-electron chi connectivity index (χ3n) is 3.93. The van der Waals surface area contributed by atoms with Crippen molar-refractivity contribution in [3.63, 3.8) is 0 Å². The van der Waals surface area contributed by atoms with E-state index in [0.29, 0.717) is 21.6 Å². The Morgan fingerprint density at radius 2 is 1.96 bits per heavy atom. The van der Waals surface area contributed by atoms with Gasteiger partial charge in [0.25, 0.3) is 0 Å². The smallest absolute Gasteiger partial charge is 0.216 e. The van der Waals surface area contributed by atoms with E-state index in [9.17, 15) is 8.78 Å². The molecule has 1 aliphatic rings. The maximum Gasteiger partial charge on any atom is 0.216 e. The Kier molecular flexibility index (Phi) is 3.95. The van der Waals surface area contributed by atoms with Crippen molar-refractivity contribution < 1.29 is 8.78 Å². The molecule has 3 heterocycles. The topological polar surface area (TPSA) is 60.9 Å². The largest absolute Gasteiger partial charge is 0.275 e. The predicted octanol–water partition coefficient (Wildman–Crippen LogP) is 3.31. The zero-order chi connectivity index (χ0) is 18.4. The number of benzene rings is 1. The Morgan fingerprint density at radius 1 is 1.15 bits per heavy atom. The molecule has 1 aliphatic heterocycles. The first-order chi connectivity index (χ1) is 12.4. The standard InChI is InChI=1S/C17H14F2N6S/c1-9-11(8-24(3)22-9)6-15-16(13-5-4-12(18)7-14(13)19)23-25-10(2)20-21-17(25)26-15/h4-8H,1-3H3/b15-6-. The van der Waals surface area contributed by atoms with Crippen molar-refractivity contribution in [2.45, 2.75) is 19.0 Å². The summed E-state index contributed by atoms with van der Waals surface area (Å²) >= 11 is 1.33. The van der Waals surface area contributed by atoms with Crippen LogP contribution in [0, 0.1) is 25.5 Å². The van der Waals surface area contributed by atoms with Crippen LogP contribution in [0.25, 0.3) is 6.08 Å². The van der Waals surface area contributed by atoms with Crippen molar-refractivity contribution >= 4 is 23.5 Å². The van der Waals surface area contributed by atoms with Gasteiger partial charge in [-0.25, -0.2) is 8.78 Å². The monoisotopic (exact) mass is 372 g/mol. The van der Waals surface area contributed by atoms with Gasteiger partial charge in [-0.15, -0.1) is 10.2 Å². The molecular formula is C17H14F2N6S. The molecule has 0 bridgehead atoms. The molecule has 0 amide bonds. The fourth-order valence-electron chi connectivity index (χ4n) is 2.68. The van der Waals surface area contributed by atoms with Crippen LogP contribution in [0.15, 0.2) is 39.6 Å². The van der Waals surface area contributed by atoms with Crippen LogP contribution in [0.3, 0.4) is 0 Å². The second kappa shape index (κ2) is 6.17. The van der Waals surface area contributed by atoms with Crippen molar-refractivity contribution in [3.8, 4) is 0 Å². The summed E-state index contributed by atoms with van der Waals surface area (Å²) in [4.78, 5) is 0.687. The number of thioether (sulfide) groups is 1. The molecule has 1 aromatic carbocycles. The van der Waals surface area contributed by atoms with Crippen molar-refractivity contribution in [2.75, 3.05) is 0 Å². The Balaban J connectivity index is 1.91. The maximum atomic E-state index is 14.4. The number of nitrogens with zero attached hydrogens (tertiary/aromatic N) is 6. The van der Waals surface area contributed by atoms with E-state index in [4.69, 9.17) is 0 Å². The highest BCUT2D eigenvalue weighted by Gasteiger charge is 2.25. The number of hydrogen-bond acceptors (Lipinski definition) is 5. The van der Waals surface area contributed by atoms with Gasteiger partial charge < -0.3 is 0 Å². The molecule has 9 heteroatoms. The van der Waals surface area contributed by atoms with Crippen LogP contribution in [-0.4, -0.2) is 30.4 Å². The van der Waals surface area contributed by atoms with Crippen LogP contribution in [-0.2, 0) is 7.05 Å². The first-order valence-electron chi connectivity index (χ1n) is 7.79. The summed E-state index contributed by atoms with van der Waals surface area (Å²) in [6.45, 7) is 3.65. The lowest BCUT2D eigenvalue weighted by atomic mass is 10.1. The summed E-state index contributed by atoms with van der Waals surface area (Å²) in [7, 11) is 1.83. The third kappa shape index (κ3) is 2.84. The maximum absolute atomic E-state index is 14.4. The summed E-state index contributed by atoms with van der Waals surface area (Å²) < 4.78 is 31.0. The highest BCUT2D eigenvalue weighted by Crippen LogP contribution is 2.35.